The number of rotatable bonds is 11. The van der Waals surface area contributed by atoms with Crippen LogP contribution in [0.1, 0.15) is 68.3 Å². The molecule has 1 aromatic heterocycles. The molecule has 0 spiro atoms. The third-order valence-electron chi connectivity index (χ3n) is 8.62. The zero-order chi connectivity index (χ0) is 30.9. The van der Waals surface area contributed by atoms with Crippen molar-refractivity contribution in [3.8, 4) is 0 Å². The van der Waals surface area contributed by atoms with E-state index in [9.17, 15) is 14.4 Å². The van der Waals surface area contributed by atoms with Crippen LogP contribution in [-0.4, -0.2) is 71.8 Å². The number of carbonyl (C=O) groups is 3. The lowest BCUT2D eigenvalue weighted by molar-refractivity contribution is -0.133. The van der Waals surface area contributed by atoms with Gasteiger partial charge in [-0.15, -0.1) is 0 Å². The number of fused-ring (bicyclic) bond motifs is 2. The number of pyridine rings is 1. The molecule has 232 valence electrons. The zero-order valence-electron chi connectivity index (χ0n) is 26.0. The lowest BCUT2D eigenvalue weighted by Crippen LogP contribution is -2.39. The van der Waals surface area contributed by atoms with Crippen molar-refractivity contribution in [1.82, 2.24) is 14.8 Å². The van der Waals surface area contributed by atoms with Crippen LogP contribution < -0.4 is 15.1 Å². The van der Waals surface area contributed by atoms with Gasteiger partial charge in [0.2, 0.25) is 11.8 Å². The number of amides is 3. The summed E-state index contributed by atoms with van der Waals surface area (Å²) in [6.07, 6.45) is 6.86. The Balaban J connectivity index is 1.17. The van der Waals surface area contributed by atoms with Crippen molar-refractivity contribution in [3.05, 3.63) is 78.0 Å². The Bertz CT molecular complexity index is 1430. The smallest absolute Gasteiger partial charge is 0.257 e. The Morgan fingerprint density at radius 2 is 1.61 bits per heavy atom. The molecule has 2 aliphatic rings. The van der Waals surface area contributed by atoms with Crippen LogP contribution in [0.3, 0.4) is 0 Å². The first-order chi connectivity index (χ1) is 21.5. The second kappa shape index (κ2) is 15.0. The number of likely N-dealkylation sites (N-methyl/N-ethyl adjacent to an activating group) is 2. The second-order valence-corrected chi connectivity index (χ2v) is 11.5. The SMILES string of the molecule is CCN(CCN(CC)C(=O)CCC(=O)N1c2ccccc2C(=O)Nc2cccnc21)Cc1ccc(N2CCCCCC2)cc1. The van der Waals surface area contributed by atoms with E-state index in [-0.39, 0.29) is 30.6 Å². The van der Waals surface area contributed by atoms with Gasteiger partial charge in [0.15, 0.2) is 5.82 Å². The highest BCUT2D eigenvalue weighted by molar-refractivity contribution is 6.17. The molecule has 44 heavy (non-hydrogen) atoms. The summed E-state index contributed by atoms with van der Waals surface area (Å²) in [4.78, 5) is 52.3. The highest BCUT2D eigenvalue weighted by Crippen LogP contribution is 2.36. The lowest BCUT2D eigenvalue weighted by atomic mass is 10.1. The molecule has 3 amide bonds. The lowest BCUT2D eigenvalue weighted by Gasteiger charge is -2.27. The Morgan fingerprint density at radius 1 is 0.864 bits per heavy atom. The van der Waals surface area contributed by atoms with Crippen LogP contribution in [0.5, 0.6) is 0 Å². The molecule has 1 N–H and O–H groups in total. The quantitative estimate of drug-likeness (QED) is 0.299. The fourth-order valence-electron chi connectivity index (χ4n) is 6.04. The van der Waals surface area contributed by atoms with Crippen molar-refractivity contribution >= 4 is 40.6 Å². The fourth-order valence-corrected chi connectivity index (χ4v) is 6.04. The number of anilines is 4. The molecule has 2 aliphatic heterocycles. The van der Waals surface area contributed by atoms with Gasteiger partial charge in [-0.3, -0.25) is 24.2 Å². The minimum atomic E-state index is -0.299. The first-order valence-corrected chi connectivity index (χ1v) is 16.0. The number of hydrogen-bond donors (Lipinski definition) is 1. The van der Waals surface area contributed by atoms with Crippen molar-refractivity contribution in [2.75, 3.05) is 54.4 Å². The number of aromatic nitrogens is 1. The maximum atomic E-state index is 13.6. The van der Waals surface area contributed by atoms with E-state index in [0.29, 0.717) is 35.8 Å². The summed E-state index contributed by atoms with van der Waals surface area (Å²) in [7, 11) is 0. The van der Waals surface area contributed by atoms with Gasteiger partial charge in [-0.05, 0) is 68.3 Å². The van der Waals surface area contributed by atoms with E-state index in [2.05, 4.69) is 51.3 Å². The summed E-state index contributed by atoms with van der Waals surface area (Å²) in [6, 6.07) is 19.4. The zero-order valence-corrected chi connectivity index (χ0v) is 26.0. The van der Waals surface area contributed by atoms with E-state index < -0.39 is 0 Å². The summed E-state index contributed by atoms with van der Waals surface area (Å²) in [6.45, 7) is 10.0. The van der Waals surface area contributed by atoms with Crippen LogP contribution >= 0.6 is 0 Å². The summed E-state index contributed by atoms with van der Waals surface area (Å²) in [5.74, 6) is -0.282. The van der Waals surface area contributed by atoms with Gasteiger partial charge in [0, 0.05) is 64.0 Å². The third kappa shape index (κ3) is 7.45. The second-order valence-electron chi connectivity index (χ2n) is 11.5. The molecule has 3 aromatic rings. The van der Waals surface area contributed by atoms with E-state index in [1.165, 1.54) is 41.8 Å². The molecule has 0 radical (unpaired) electrons. The van der Waals surface area contributed by atoms with Gasteiger partial charge in [0.1, 0.15) is 0 Å². The molecule has 5 rings (SSSR count). The molecule has 0 atom stereocenters. The van der Waals surface area contributed by atoms with E-state index >= 15 is 0 Å². The van der Waals surface area contributed by atoms with Gasteiger partial charge < -0.3 is 15.1 Å². The van der Waals surface area contributed by atoms with Crippen molar-refractivity contribution in [1.29, 1.82) is 0 Å². The van der Waals surface area contributed by atoms with Crippen molar-refractivity contribution < 1.29 is 14.4 Å². The molecule has 0 bridgehead atoms. The Hall–Kier alpha value is -4.24. The first kappa shape index (κ1) is 31.2. The number of hydrogen-bond acceptors (Lipinski definition) is 6. The summed E-state index contributed by atoms with van der Waals surface area (Å²) in [5, 5.41) is 2.85. The van der Waals surface area contributed by atoms with E-state index in [4.69, 9.17) is 0 Å². The largest absolute Gasteiger partial charge is 0.372 e. The molecule has 0 aliphatic carbocycles. The minimum absolute atomic E-state index is 0.00866. The average Bonchev–Trinajstić information content (AvgIpc) is 3.40. The molecule has 2 aromatic carbocycles. The predicted molar refractivity (Wildman–Crippen MR) is 175 cm³/mol. The predicted octanol–water partition coefficient (Wildman–Crippen LogP) is 5.84. The molecule has 9 nitrogen and oxygen atoms in total. The van der Waals surface area contributed by atoms with Gasteiger partial charge in [-0.2, -0.15) is 0 Å². The first-order valence-electron chi connectivity index (χ1n) is 16.0. The molecular weight excluding hydrogens is 552 g/mol. The van der Waals surface area contributed by atoms with Crippen LogP contribution in [0.15, 0.2) is 66.9 Å². The number of carbonyl (C=O) groups excluding carboxylic acids is 3. The maximum absolute atomic E-state index is 13.6. The van der Waals surface area contributed by atoms with E-state index in [1.807, 2.05) is 11.8 Å². The summed E-state index contributed by atoms with van der Waals surface area (Å²) in [5.41, 5.74) is 3.88. The molecular formula is C35H44N6O3. The average molecular weight is 597 g/mol. The third-order valence-corrected chi connectivity index (χ3v) is 8.62. The highest BCUT2D eigenvalue weighted by atomic mass is 16.2. The normalized spacial score (nSPS) is 14.8. The molecule has 3 heterocycles. The van der Waals surface area contributed by atoms with Gasteiger partial charge >= 0.3 is 0 Å². The van der Waals surface area contributed by atoms with Gasteiger partial charge in [0.05, 0.1) is 16.9 Å². The Kier molecular flexibility index (Phi) is 10.6. The topological polar surface area (TPSA) is 89.1 Å². The van der Waals surface area contributed by atoms with E-state index in [0.717, 1.165) is 32.7 Å². The molecule has 0 saturated carbocycles. The fraction of sp³-hybridized carbons (Fsp3) is 0.429. The van der Waals surface area contributed by atoms with Crippen LogP contribution in [0.2, 0.25) is 0 Å². The standard InChI is InChI=1S/C35H44N6O3/c1-3-38(26-27-15-17-28(18-16-27)40-22-9-5-6-10-23-40)24-25-39(4-2)32(42)19-20-33(43)41-31-14-8-7-12-29(31)35(44)37-30-13-11-21-36-34(30)41/h7-8,11-18,21H,3-6,9-10,19-20,22-26H2,1-2H3,(H,37,44). The van der Waals surface area contributed by atoms with Gasteiger partial charge in [0.25, 0.3) is 5.91 Å². The summed E-state index contributed by atoms with van der Waals surface area (Å²) < 4.78 is 0. The molecule has 0 unspecified atom stereocenters. The van der Waals surface area contributed by atoms with Crippen LogP contribution in [0.4, 0.5) is 22.9 Å². The molecule has 9 heteroatoms. The number of para-hydroxylation sites is 1. The Morgan fingerprint density at radius 3 is 2.34 bits per heavy atom. The van der Waals surface area contributed by atoms with Gasteiger partial charge in [-0.25, -0.2) is 4.98 Å². The van der Waals surface area contributed by atoms with Crippen LogP contribution in [-0.2, 0) is 16.1 Å². The highest BCUT2D eigenvalue weighted by Gasteiger charge is 2.30. The number of nitrogens with zero attached hydrogens (tertiary/aromatic N) is 5. The van der Waals surface area contributed by atoms with Crippen LogP contribution in [0, 0.1) is 0 Å². The van der Waals surface area contributed by atoms with Crippen molar-refractivity contribution in [2.24, 2.45) is 0 Å². The number of benzene rings is 2. The minimum Gasteiger partial charge on any atom is -0.372 e. The van der Waals surface area contributed by atoms with Crippen molar-refractivity contribution in [2.45, 2.75) is 58.9 Å². The molecule has 1 fully saturated rings. The monoisotopic (exact) mass is 596 g/mol. The Labute approximate surface area is 260 Å². The van der Waals surface area contributed by atoms with Crippen molar-refractivity contribution in [3.63, 3.8) is 0 Å². The van der Waals surface area contributed by atoms with Gasteiger partial charge in [-0.1, -0.05) is 44.0 Å². The summed E-state index contributed by atoms with van der Waals surface area (Å²) >= 11 is 0. The molecule has 1 saturated heterocycles. The maximum Gasteiger partial charge on any atom is 0.257 e. The van der Waals surface area contributed by atoms with E-state index in [1.54, 1.807) is 42.6 Å². The number of nitrogens with one attached hydrogen (secondary N) is 1. The van der Waals surface area contributed by atoms with Crippen LogP contribution in [0.25, 0.3) is 0 Å².